The summed E-state index contributed by atoms with van der Waals surface area (Å²) in [5.74, 6) is 0. The first kappa shape index (κ1) is 14.5. The largest absolute Gasteiger partial charge is 0.309 e. The molecule has 0 aliphatic heterocycles. The van der Waals surface area contributed by atoms with Gasteiger partial charge in [0.1, 0.15) is 0 Å². The van der Waals surface area contributed by atoms with Crippen LogP contribution in [0.25, 0.3) is 0 Å². The van der Waals surface area contributed by atoms with Gasteiger partial charge in [0, 0.05) is 27.4 Å². The van der Waals surface area contributed by atoms with Crippen LogP contribution in [0.15, 0.2) is 18.2 Å². The molecule has 0 aromatic heterocycles. The van der Waals surface area contributed by atoms with Gasteiger partial charge in [0.15, 0.2) is 0 Å². The lowest BCUT2D eigenvalue weighted by Gasteiger charge is -2.41. The third-order valence-corrected chi connectivity index (χ3v) is 5.85. The van der Waals surface area contributed by atoms with Gasteiger partial charge < -0.3 is 5.32 Å². The number of nitrogens with one attached hydrogen (secondary N) is 1. The molecule has 1 aliphatic rings. The third-order valence-electron chi connectivity index (χ3n) is 3.85. The second-order valence-corrected chi connectivity index (χ2v) is 7.13. The molecule has 0 heterocycles. The van der Waals surface area contributed by atoms with Crippen molar-refractivity contribution in [2.45, 2.75) is 37.0 Å². The van der Waals surface area contributed by atoms with Gasteiger partial charge in [0.2, 0.25) is 0 Å². The van der Waals surface area contributed by atoms with Crippen LogP contribution < -0.4 is 5.32 Å². The maximum atomic E-state index is 6.22. The molecule has 1 saturated carbocycles. The van der Waals surface area contributed by atoms with Crippen molar-refractivity contribution >= 4 is 35.0 Å². The molecule has 0 saturated heterocycles. The van der Waals surface area contributed by atoms with E-state index in [-0.39, 0.29) is 6.04 Å². The summed E-state index contributed by atoms with van der Waals surface area (Å²) in [6.45, 7) is 3.18. The van der Waals surface area contributed by atoms with Crippen molar-refractivity contribution in [1.82, 2.24) is 5.32 Å². The second-order valence-electron chi connectivity index (χ2n) is 5.01. The first-order valence-corrected chi connectivity index (χ1v) is 8.28. The number of hydrogen-bond acceptors (Lipinski definition) is 2. The van der Waals surface area contributed by atoms with Crippen LogP contribution in [0.2, 0.25) is 10.0 Å². The van der Waals surface area contributed by atoms with Crippen molar-refractivity contribution in [3.8, 4) is 0 Å². The van der Waals surface area contributed by atoms with Crippen LogP contribution in [0.3, 0.4) is 0 Å². The van der Waals surface area contributed by atoms with E-state index in [1.807, 2.05) is 30.0 Å². The molecule has 0 amide bonds. The molecule has 1 aromatic rings. The van der Waals surface area contributed by atoms with Gasteiger partial charge in [-0.05, 0) is 49.8 Å². The van der Waals surface area contributed by atoms with E-state index in [0.29, 0.717) is 4.75 Å². The van der Waals surface area contributed by atoms with Crippen molar-refractivity contribution in [1.29, 1.82) is 0 Å². The number of hydrogen-bond donors (Lipinski definition) is 1. The summed E-state index contributed by atoms with van der Waals surface area (Å²) in [6.07, 6.45) is 6.20. The lowest BCUT2D eigenvalue weighted by molar-refractivity contribution is 0.334. The van der Waals surface area contributed by atoms with Gasteiger partial charge in [-0.25, -0.2) is 0 Å². The minimum atomic E-state index is 0.237. The van der Waals surface area contributed by atoms with Gasteiger partial charge >= 0.3 is 0 Å². The quantitative estimate of drug-likeness (QED) is 0.828. The SMILES string of the molecule is CSC1(CNC(C)c2cc(Cl)ccc2Cl)CCC1. The molecule has 1 nitrogen and oxygen atoms in total. The van der Waals surface area contributed by atoms with Crippen molar-refractivity contribution in [3.05, 3.63) is 33.8 Å². The Morgan fingerprint density at radius 1 is 1.39 bits per heavy atom. The maximum absolute atomic E-state index is 6.22. The average Bonchev–Trinajstić information content (AvgIpc) is 2.31. The van der Waals surface area contributed by atoms with Crippen LogP contribution >= 0.6 is 35.0 Å². The average molecular weight is 304 g/mol. The third kappa shape index (κ3) is 3.16. The summed E-state index contributed by atoms with van der Waals surface area (Å²) in [6, 6.07) is 5.88. The Labute approximate surface area is 124 Å². The van der Waals surface area contributed by atoms with E-state index in [1.54, 1.807) is 0 Å². The zero-order valence-corrected chi connectivity index (χ0v) is 13.1. The van der Waals surface area contributed by atoms with Crippen LogP contribution in [0, 0.1) is 0 Å². The normalized spacial score (nSPS) is 19.3. The smallest absolute Gasteiger partial charge is 0.0454 e. The van der Waals surface area contributed by atoms with E-state index in [4.69, 9.17) is 23.2 Å². The Bertz CT molecular complexity index is 413. The Kier molecular flexibility index (Phi) is 4.87. The Balaban J connectivity index is 1.99. The topological polar surface area (TPSA) is 12.0 Å². The molecule has 0 radical (unpaired) electrons. The van der Waals surface area contributed by atoms with Gasteiger partial charge in [-0.2, -0.15) is 11.8 Å². The molecule has 1 fully saturated rings. The van der Waals surface area contributed by atoms with E-state index in [2.05, 4.69) is 18.5 Å². The molecule has 0 bridgehead atoms. The Morgan fingerprint density at radius 2 is 2.11 bits per heavy atom. The van der Waals surface area contributed by atoms with Crippen LogP contribution in [0.5, 0.6) is 0 Å². The van der Waals surface area contributed by atoms with Crippen LogP contribution in [-0.2, 0) is 0 Å². The van der Waals surface area contributed by atoms with Crippen molar-refractivity contribution in [3.63, 3.8) is 0 Å². The van der Waals surface area contributed by atoms with Gasteiger partial charge in [0.25, 0.3) is 0 Å². The van der Waals surface area contributed by atoms with Crippen molar-refractivity contribution in [2.24, 2.45) is 0 Å². The lowest BCUT2D eigenvalue weighted by atomic mass is 9.84. The fourth-order valence-corrected chi connectivity index (χ4v) is 3.71. The fourth-order valence-electron chi connectivity index (χ4n) is 2.32. The molecule has 1 atom stereocenters. The molecule has 1 aromatic carbocycles. The number of halogens is 2. The Hall–Kier alpha value is 0.110. The predicted molar refractivity (Wildman–Crippen MR) is 83.0 cm³/mol. The highest BCUT2D eigenvalue weighted by Crippen LogP contribution is 2.42. The summed E-state index contributed by atoms with van der Waals surface area (Å²) in [4.78, 5) is 0. The van der Waals surface area contributed by atoms with E-state index < -0.39 is 0 Å². The minimum Gasteiger partial charge on any atom is -0.309 e. The van der Waals surface area contributed by atoms with Gasteiger partial charge in [0.05, 0.1) is 0 Å². The summed E-state index contributed by atoms with van der Waals surface area (Å²) in [7, 11) is 0. The summed E-state index contributed by atoms with van der Waals surface area (Å²) in [5, 5.41) is 5.12. The predicted octanol–water partition coefficient (Wildman–Crippen LogP) is 4.93. The zero-order chi connectivity index (χ0) is 13.2. The van der Waals surface area contributed by atoms with Gasteiger partial charge in [-0.1, -0.05) is 29.6 Å². The molecule has 4 heteroatoms. The first-order chi connectivity index (χ1) is 8.56. The molecule has 1 aliphatic carbocycles. The first-order valence-electron chi connectivity index (χ1n) is 6.30. The monoisotopic (exact) mass is 303 g/mol. The van der Waals surface area contributed by atoms with Crippen LogP contribution in [0.4, 0.5) is 0 Å². The molecule has 1 N–H and O–H groups in total. The summed E-state index contributed by atoms with van der Waals surface area (Å²) >= 11 is 14.2. The Morgan fingerprint density at radius 3 is 2.67 bits per heavy atom. The zero-order valence-electron chi connectivity index (χ0n) is 10.8. The minimum absolute atomic E-state index is 0.237. The molecule has 0 spiro atoms. The van der Waals surface area contributed by atoms with Crippen LogP contribution in [0.1, 0.15) is 37.8 Å². The molecular formula is C14H19Cl2NS. The fraction of sp³-hybridized carbons (Fsp3) is 0.571. The molecule has 1 unspecified atom stereocenters. The van der Waals surface area contributed by atoms with Gasteiger partial charge in [-0.15, -0.1) is 0 Å². The van der Waals surface area contributed by atoms with Gasteiger partial charge in [-0.3, -0.25) is 0 Å². The number of thioether (sulfide) groups is 1. The van der Waals surface area contributed by atoms with Crippen LogP contribution in [-0.4, -0.2) is 17.5 Å². The molecule has 2 rings (SSSR count). The van der Waals surface area contributed by atoms with E-state index in [1.165, 1.54) is 19.3 Å². The molecule has 18 heavy (non-hydrogen) atoms. The highest BCUT2D eigenvalue weighted by atomic mass is 35.5. The highest BCUT2D eigenvalue weighted by Gasteiger charge is 2.36. The van der Waals surface area contributed by atoms with Crippen molar-refractivity contribution < 1.29 is 0 Å². The van der Waals surface area contributed by atoms with Crippen molar-refractivity contribution in [2.75, 3.05) is 12.8 Å². The maximum Gasteiger partial charge on any atom is 0.0454 e. The van der Waals surface area contributed by atoms with E-state index in [9.17, 15) is 0 Å². The molecule has 100 valence electrons. The van der Waals surface area contributed by atoms with E-state index in [0.717, 1.165) is 22.2 Å². The molecular weight excluding hydrogens is 285 g/mol. The number of benzene rings is 1. The highest BCUT2D eigenvalue weighted by molar-refractivity contribution is 8.00. The number of rotatable bonds is 5. The lowest BCUT2D eigenvalue weighted by Crippen LogP contribution is -2.44. The summed E-state index contributed by atoms with van der Waals surface area (Å²) in [5.41, 5.74) is 1.08. The summed E-state index contributed by atoms with van der Waals surface area (Å²) < 4.78 is 0.444. The second kappa shape index (κ2) is 6.04. The standard InChI is InChI=1S/C14H19Cl2NS/c1-10(12-8-11(15)4-5-13(12)16)17-9-14(18-2)6-3-7-14/h4-5,8,10,17H,3,6-7,9H2,1-2H3. The van der Waals surface area contributed by atoms with E-state index >= 15 is 0 Å².